The number of hydrogen-bond acceptors (Lipinski definition) is 7. The van der Waals surface area contributed by atoms with Gasteiger partial charge in [-0.25, -0.2) is 14.8 Å². The van der Waals surface area contributed by atoms with Crippen molar-refractivity contribution in [2.24, 2.45) is 0 Å². The smallest absolute Gasteiger partial charge is 0.347 e. The van der Waals surface area contributed by atoms with Crippen molar-refractivity contribution in [1.29, 1.82) is 0 Å². The first-order valence-corrected chi connectivity index (χ1v) is 10.5. The summed E-state index contributed by atoms with van der Waals surface area (Å²) in [4.78, 5) is 26.9. The van der Waals surface area contributed by atoms with E-state index < -0.39 is 0 Å². The number of aromatic nitrogens is 2. The van der Waals surface area contributed by atoms with Crippen molar-refractivity contribution >= 4 is 16.7 Å². The SMILES string of the molecule is CCCc1cc(OC)cc2nc(-c3cccnc3N3CCCN(C)CC3)oc(=O)c12. The first-order valence-electron chi connectivity index (χ1n) is 10.5. The maximum atomic E-state index is 13.0. The molecule has 0 amide bonds. The summed E-state index contributed by atoms with van der Waals surface area (Å²) < 4.78 is 11.2. The second-order valence-electron chi connectivity index (χ2n) is 7.76. The summed E-state index contributed by atoms with van der Waals surface area (Å²) >= 11 is 0. The predicted molar refractivity (Wildman–Crippen MR) is 118 cm³/mol. The molecule has 4 rings (SSSR count). The molecule has 1 fully saturated rings. The molecule has 158 valence electrons. The van der Waals surface area contributed by atoms with E-state index in [1.54, 1.807) is 19.4 Å². The van der Waals surface area contributed by atoms with Crippen LogP contribution in [-0.4, -0.2) is 55.2 Å². The molecule has 1 aliphatic heterocycles. The van der Waals surface area contributed by atoms with Crippen molar-refractivity contribution < 1.29 is 9.15 Å². The molecular formula is C23H28N4O3. The fourth-order valence-electron chi connectivity index (χ4n) is 4.03. The van der Waals surface area contributed by atoms with Crippen LogP contribution < -0.4 is 15.3 Å². The van der Waals surface area contributed by atoms with Crippen molar-refractivity contribution in [3.8, 4) is 17.2 Å². The molecule has 7 heteroatoms. The number of benzene rings is 1. The number of methoxy groups -OCH3 is 1. The van der Waals surface area contributed by atoms with Gasteiger partial charge < -0.3 is 19.0 Å². The summed E-state index contributed by atoms with van der Waals surface area (Å²) in [5.41, 5.74) is 1.86. The second kappa shape index (κ2) is 8.83. The third-order valence-electron chi connectivity index (χ3n) is 5.58. The molecule has 30 heavy (non-hydrogen) atoms. The van der Waals surface area contributed by atoms with Gasteiger partial charge in [0, 0.05) is 31.9 Å². The van der Waals surface area contributed by atoms with E-state index in [1.807, 2.05) is 18.2 Å². The van der Waals surface area contributed by atoms with Gasteiger partial charge in [-0.05, 0) is 50.2 Å². The van der Waals surface area contributed by atoms with Crippen molar-refractivity contribution in [2.75, 3.05) is 45.2 Å². The van der Waals surface area contributed by atoms with Gasteiger partial charge in [-0.3, -0.25) is 0 Å². The third-order valence-corrected chi connectivity index (χ3v) is 5.58. The Morgan fingerprint density at radius 1 is 1.20 bits per heavy atom. The fraction of sp³-hybridized carbons (Fsp3) is 0.435. The second-order valence-corrected chi connectivity index (χ2v) is 7.76. The Bertz CT molecular complexity index is 1100. The Hall–Kier alpha value is -2.93. The lowest BCUT2D eigenvalue weighted by molar-refractivity contribution is 0.360. The highest BCUT2D eigenvalue weighted by Crippen LogP contribution is 2.30. The van der Waals surface area contributed by atoms with Gasteiger partial charge in [-0.15, -0.1) is 0 Å². The topological polar surface area (TPSA) is 71.7 Å². The molecule has 0 atom stereocenters. The Labute approximate surface area is 176 Å². The number of anilines is 1. The van der Waals surface area contributed by atoms with Crippen LogP contribution in [0.3, 0.4) is 0 Å². The Balaban J connectivity index is 1.83. The molecule has 0 radical (unpaired) electrons. The van der Waals surface area contributed by atoms with E-state index in [2.05, 4.69) is 28.8 Å². The van der Waals surface area contributed by atoms with Gasteiger partial charge in [0.05, 0.1) is 23.6 Å². The van der Waals surface area contributed by atoms with E-state index >= 15 is 0 Å². The van der Waals surface area contributed by atoms with Crippen molar-refractivity contribution in [3.63, 3.8) is 0 Å². The molecule has 0 saturated carbocycles. The quantitative estimate of drug-likeness (QED) is 0.641. The molecular weight excluding hydrogens is 380 g/mol. The van der Waals surface area contributed by atoms with E-state index in [4.69, 9.17) is 14.1 Å². The zero-order valence-electron chi connectivity index (χ0n) is 17.9. The van der Waals surface area contributed by atoms with Crippen LogP contribution >= 0.6 is 0 Å². The third kappa shape index (κ3) is 4.03. The van der Waals surface area contributed by atoms with Crippen LogP contribution in [0.1, 0.15) is 25.3 Å². The summed E-state index contributed by atoms with van der Waals surface area (Å²) in [5.74, 6) is 1.79. The largest absolute Gasteiger partial charge is 0.497 e. The molecule has 3 heterocycles. The minimum atomic E-state index is -0.369. The molecule has 1 saturated heterocycles. The van der Waals surface area contributed by atoms with Crippen molar-refractivity contribution in [3.05, 3.63) is 46.4 Å². The normalized spacial score (nSPS) is 15.4. The van der Waals surface area contributed by atoms with Gasteiger partial charge in [0.2, 0.25) is 5.89 Å². The Morgan fingerprint density at radius 3 is 2.87 bits per heavy atom. The molecule has 2 aromatic heterocycles. The highest BCUT2D eigenvalue weighted by atomic mass is 16.5. The van der Waals surface area contributed by atoms with E-state index in [9.17, 15) is 4.79 Å². The van der Waals surface area contributed by atoms with Gasteiger partial charge in [-0.1, -0.05) is 13.3 Å². The molecule has 3 aromatic rings. The average Bonchev–Trinajstić information content (AvgIpc) is 2.97. The molecule has 0 aliphatic carbocycles. The van der Waals surface area contributed by atoms with Crippen LogP contribution in [0.4, 0.5) is 5.82 Å². The molecule has 0 bridgehead atoms. The first kappa shape index (κ1) is 20.3. The van der Waals surface area contributed by atoms with Crippen LogP contribution in [0.2, 0.25) is 0 Å². The summed E-state index contributed by atoms with van der Waals surface area (Å²) in [7, 11) is 3.76. The summed E-state index contributed by atoms with van der Waals surface area (Å²) in [6.07, 6.45) is 4.51. The number of fused-ring (bicyclic) bond motifs is 1. The highest BCUT2D eigenvalue weighted by Gasteiger charge is 2.21. The predicted octanol–water partition coefficient (Wildman–Crippen LogP) is 3.35. The number of rotatable bonds is 5. The van der Waals surface area contributed by atoms with Gasteiger partial charge in [-0.2, -0.15) is 0 Å². The summed E-state index contributed by atoms with van der Waals surface area (Å²) in [5, 5.41) is 0.531. The monoisotopic (exact) mass is 408 g/mol. The Morgan fingerprint density at radius 2 is 2.07 bits per heavy atom. The lowest BCUT2D eigenvalue weighted by Gasteiger charge is -2.23. The van der Waals surface area contributed by atoms with Crippen LogP contribution in [0.5, 0.6) is 5.75 Å². The maximum Gasteiger partial charge on any atom is 0.347 e. The minimum absolute atomic E-state index is 0.295. The van der Waals surface area contributed by atoms with Crippen LogP contribution in [0, 0.1) is 0 Å². The standard InChI is InChI=1S/C23H28N4O3/c1-4-7-16-14-17(29-3)15-19-20(16)23(28)30-22(25-19)18-8-5-9-24-21(18)27-11-6-10-26(2)12-13-27/h5,8-9,14-15H,4,6-7,10-13H2,1-3H3. The molecule has 0 unspecified atom stereocenters. The van der Waals surface area contributed by atoms with E-state index in [1.165, 1.54) is 0 Å². The molecule has 0 N–H and O–H groups in total. The number of ether oxygens (including phenoxy) is 1. The lowest BCUT2D eigenvalue weighted by Crippen LogP contribution is -2.29. The molecule has 0 spiro atoms. The number of likely N-dealkylation sites (N-methyl/N-ethyl adjacent to an activating group) is 1. The maximum absolute atomic E-state index is 13.0. The van der Waals surface area contributed by atoms with E-state index in [0.717, 1.165) is 62.4 Å². The van der Waals surface area contributed by atoms with Crippen LogP contribution in [0.15, 0.2) is 39.7 Å². The van der Waals surface area contributed by atoms with Gasteiger partial charge in [0.25, 0.3) is 0 Å². The molecule has 1 aromatic carbocycles. The Kier molecular flexibility index (Phi) is 5.99. The minimum Gasteiger partial charge on any atom is -0.497 e. The zero-order chi connectivity index (χ0) is 21.1. The lowest BCUT2D eigenvalue weighted by atomic mass is 10.0. The number of nitrogens with zero attached hydrogens (tertiary/aromatic N) is 4. The number of pyridine rings is 1. The van der Waals surface area contributed by atoms with Crippen molar-refractivity contribution in [2.45, 2.75) is 26.2 Å². The van der Waals surface area contributed by atoms with Gasteiger partial charge >= 0.3 is 5.63 Å². The first-order chi connectivity index (χ1) is 14.6. The van der Waals surface area contributed by atoms with E-state index in [0.29, 0.717) is 22.5 Å². The van der Waals surface area contributed by atoms with Gasteiger partial charge in [0.1, 0.15) is 11.6 Å². The molecule has 1 aliphatic rings. The number of hydrogen-bond donors (Lipinski definition) is 0. The van der Waals surface area contributed by atoms with E-state index in [-0.39, 0.29) is 5.63 Å². The van der Waals surface area contributed by atoms with Crippen LogP contribution in [-0.2, 0) is 6.42 Å². The zero-order valence-corrected chi connectivity index (χ0v) is 17.9. The summed E-state index contributed by atoms with van der Waals surface area (Å²) in [6, 6.07) is 7.46. The van der Waals surface area contributed by atoms with Crippen LogP contribution in [0.25, 0.3) is 22.4 Å². The van der Waals surface area contributed by atoms with Gasteiger partial charge in [0.15, 0.2) is 0 Å². The number of aryl methyl sites for hydroxylation is 1. The summed E-state index contributed by atoms with van der Waals surface area (Å²) in [6.45, 7) is 5.87. The molecule has 7 nitrogen and oxygen atoms in total. The fourth-order valence-corrected chi connectivity index (χ4v) is 4.03. The average molecular weight is 409 g/mol. The van der Waals surface area contributed by atoms with Crippen molar-refractivity contribution in [1.82, 2.24) is 14.9 Å². The highest BCUT2D eigenvalue weighted by molar-refractivity contribution is 5.84.